The normalized spacial score (nSPS) is 23.9. The molecule has 0 radical (unpaired) electrons. The van der Waals surface area contributed by atoms with Crippen molar-refractivity contribution >= 4 is 57.9 Å². The Labute approximate surface area is 224 Å². The second-order valence-electron chi connectivity index (χ2n) is 9.76. The van der Waals surface area contributed by atoms with Gasteiger partial charge in [-0.1, -0.05) is 30.1 Å². The lowest BCUT2D eigenvalue weighted by atomic mass is 9.85. The van der Waals surface area contributed by atoms with Crippen LogP contribution in [0.5, 0.6) is 0 Å². The highest BCUT2D eigenvalue weighted by Crippen LogP contribution is 2.39. The van der Waals surface area contributed by atoms with Gasteiger partial charge in [-0.05, 0) is 50.2 Å². The van der Waals surface area contributed by atoms with Crippen molar-refractivity contribution in [1.29, 1.82) is 5.26 Å². The Morgan fingerprint density at radius 2 is 1.92 bits per heavy atom. The first-order valence-corrected chi connectivity index (χ1v) is 13.1. The first-order valence-electron chi connectivity index (χ1n) is 12.4. The summed E-state index contributed by atoms with van der Waals surface area (Å²) >= 11 is 12.9. The molecular formula is C25H28Cl2N8O2. The lowest BCUT2D eigenvalue weighted by Crippen LogP contribution is -2.36. The molecule has 12 heteroatoms. The number of primary amides is 1. The predicted molar refractivity (Wildman–Crippen MR) is 142 cm³/mol. The topological polar surface area (TPSA) is 144 Å². The highest BCUT2D eigenvalue weighted by atomic mass is 35.5. The summed E-state index contributed by atoms with van der Waals surface area (Å²) in [6.45, 7) is 3.54. The number of imidazole rings is 1. The second kappa shape index (κ2) is 10.7. The van der Waals surface area contributed by atoms with Gasteiger partial charge >= 0.3 is 0 Å². The minimum Gasteiger partial charge on any atom is -0.381 e. The van der Waals surface area contributed by atoms with Gasteiger partial charge in [-0.15, -0.1) is 0 Å². The zero-order valence-corrected chi connectivity index (χ0v) is 21.9. The average Bonchev–Trinajstić information content (AvgIpc) is 3.24. The zero-order valence-electron chi connectivity index (χ0n) is 20.4. The Balaban J connectivity index is 1.53. The molecule has 0 spiro atoms. The Kier molecular flexibility index (Phi) is 7.38. The third-order valence-electron chi connectivity index (χ3n) is 7.26. The first kappa shape index (κ1) is 25.5. The van der Waals surface area contributed by atoms with Crippen molar-refractivity contribution < 1.29 is 9.53 Å². The van der Waals surface area contributed by atoms with Crippen LogP contribution in [0.25, 0.3) is 11.2 Å². The molecule has 2 aliphatic rings. The van der Waals surface area contributed by atoms with Gasteiger partial charge in [0.25, 0.3) is 0 Å². The molecule has 2 fully saturated rings. The number of hydrogen-bond acceptors (Lipinski definition) is 8. The van der Waals surface area contributed by atoms with E-state index in [1.54, 1.807) is 18.3 Å². The Morgan fingerprint density at radius 3 is 2.57 bits per heavy atom. The van der Waals surface area contributed by atoms with Gasteiger partial charge in [0.1, 0.15) is 5.52 Å². The van der Waals surface area contributed by atoms with Crippen LogP contribution in [0, 0.1) is 23.2 Å². The van der Waals surface area contributed by atoms with E-state index in [0.717, 1.165) is 19.3 Å². The van der Waals surface area contributed by atoms with Crippen molar-refractivity contribution in [3.05, 3.63) is 33.9 Å². The Morgan fingerprint density at radius 1 is 1.19 bits per heavy atom. The molecule has 2 aromatic heterocycles. The number of hydrogen-bond donors (Lipinski definition) is 3. The summed E-state index contributed by atoms with van der Waals surface area (Å²) in [5.41, 5.74) is 7.67. The first-order chi connectivity index (χ1) is 17.8. The summed E-state index contributed by atoms with van der Waals surface area (Å²) in [5.74, 6) is 0.977. The second-order valence-corrected chi connectivity index (χ2v) is 10.6. The van der Waals surface area contributed by atoms with Gasteiger partial charge in [-0.2, -0.15) is 10.2 Å². The minimum atomic E-state index is -0.261. The van der Waals surface area contributed by atoms with Crippen molar-refractivity contribution in [3.8, 4) is 6.07 Å². The van der Waals surface area contributed by atoms with Crippen molar-refractivity contribution in [3.63, 3.8) is 0 Å². The van der Waals surface area contributed by atoms with Crippen molar-refractivity contribution in [2.24, 2.45) is 17.6 Å². The van der Waals surface area contributed by atoms with E-state index in [1.807, 2.05) is 4.57 Å². The van der Waals surface area contributed by atoms with Crippen molar-refractivity contribution in [2.45, 2.75) is 51.1 Å². The van der Waals surface area contributed by atoms with Crippen LogP contribution >= 0.6 is 23.2 Å². The van der Waals surface area contributed by atoms with Crippen LogP contribution in [0.3, 0.4) is 0 Å². The van der Waals surface area contributed by atoms with Gasteiger partial charge in [0.2, 0.25) is 17.8 Å². The number of anilines is 3. The summed E-state index contributed by atoms with van der Waals surface area (Å²) in [5, 5.41) is 16.6. The Bertz CT molecular complexity index is 1340. The van der Waals surface area contributed by atoms with E-state index in [1.165, 1.54) is 0 Å². The molecule has 1 aliphatic heterocycles. The van der Waals surface area contributed by atoms with Gasteiger partial charge in [0.15, 0.2) is 5.65 Å². The molecule has 1 aromatic carbocycles. The fourth-order valence-corrected chi connectivity index (χ4v) is 5.72. The van der Waals surface area contributed by atoms with E-state index in [0.29, 0.717) is 76.3 Å². The molecule has 194 valence electrons. The summed E-state index contributed by atoms with van der Waals surface area (Å²) in [6, 6.07) is 5.40. The van der Waals surface area contributed by atoms with E-state index in [-0.39, 0.29) is 23.9 Å². The average molecular weight is 543 g/mol. The SMILES string of the molecule is C[C@H]1COCC[C@H]1Nc1ncc2nc(Nc3c(Cl)cc(C#N)cc3Cl)n(C3CCC(C(N)=O)CC3)c2n1. The van der Waals surface area contributed by atoms with Crippen molar-refractivity contribution in [1.82, 2.24) is 19.5 Å². The zero-order chi connectivity index (χ0) is 26.1. The predicted octanol–water partition coefficient (Wildman–Crippen LogP) is 4.80. The van der Waals surface area contributed by atoms with Crippen LogP contribution in [0.4, 0.5) is 17.6 Å². The largest absolute Gasteiger partial charge is 0.381 e. The summed E-state index contributed by atoms with van der Waals surface area (Å²) in [4.78, 5) is 25.9. The van der Waals surface area contributed by atoms with Gasteiger partial charge in [-0.25, -0.2) is 9.97 Å². The molecule has 10 nitrogen and oxygen atoms in total. The van der Waals surface area contributed by atoms with E-state index in [4.69, 9.17) is 43.6 Å². The number of carbonyl (C=O) groups is 1. The molecule has 1 saturated heterocycles. The lowest BCUT2D eigenvalue weighted by Gasteiger charge is -2.30. The van der Waals surface area contributed by atoms with E-state index < -0.39 is 0 Å². The molecule has 0 bridgehead atoms. The smallest absolute Gasteiger partial charge is 0.224 e. The van der Waals surface area contributed by atoms with Crippen LogP contribution in [0.15, 0.2) is 18.3 Å². The quantitative estimate of drug-likeness (QED) is 0.402. The molecule has 37 heavy (non-hydrogen) atoms. The highest BCUT2D eigenvalue weighted by Gasteiger charge is 2.30. The fourth-order valence-electron chi connectivity index (χ4n) is 5.14. The van der Waals surface area contributed by atoms with Gasteiger partial charge in [0.05, 0.1) is 40.2 Å². The molecule has 1 aliphatic carbocycles. The van der Waals surface area contributed by atoms with Gasteiger partial charge in [0, 0.05) is 24.6 Å². The standard InChI is InChI=1S/C25H28Cl2N8O2/c1-13-12-37-7-6-19(13)31-24-30-11-20-23(34-24)35(16-4-2-15(3-5-16)22(29)36)25(32-20)33-21-17(26)8-14(10-28)9-18(21)27/h8-9,11,13,15-16,19H,2-7,12H2,1H3,(H2,29,36)(H,32,33)(H,30,31,34)/t13-,15?,16?,19+/m0/s1. The summed E-state index contributed by atoms with van der Waals surface area (Å²) < 4.78 is 7.60. The van der Waals surface area contributed by atoms with E-state index >= 15 is 0 Å². The number of fused-ring (bicyclic) bond motifs is 1. The molecule has 2 atom stereocenters. The van der Waals surface area contributed by atoms with Crippen LogP contribution < -0.4 is 16.4 Å². The number of nitrogens with one attached hydrogen (secondary N) is 2. The molecular weight excluding hydrogens is 515 g/mol. The minimum absolute atomic E-state index is 0.0313. The summed E-state index contributed by atoms with van der Waals surface area (Å²) in [6.07, 6.45) is 5.44. The van der Waals surface area contributed by atoms with Crippen LogP contribution in [-0.2, 0) is 9.53 Å². The molecule has 1 saturated carbocycles. The third-order valence-corrected chi connectivity index (χ3v) is 7.86. The maximum Gasteiger partial charge on any atom is 0.224 e. The Hall–Kier alpha value is -3.13. The molecule has 1 amide bonds. The highest BCUT2D eigenvalue weighted by molar-refractivity contribution is 6.39. The molecule has 0 unspecified atom stereocenters. The molecule has 4 N–H and O–H groups in total. The number of amides is 1. The molecule has 3 heterocycles. The van der Waals surface area contributed by atoms with Crippen LogP contribution in [0.2, 0.25) is 10.0 Å². The van der Waals surface area contributed by atoms with Crippen LogP contribution in [-0.4, -0.2) is 44.7 Å². The lowest BCUT2D eigenvalue weighted by molar-refractivity contribution is -0.122. The van der Waals surface area contributed by atoms with E-state index in [2.05, 4.69) is 28.6 Å². The number of ether oxygens (including phenoxy) is 1. The third kappa shape index (κ3) is 5.30. The van der Waals surface area contributed by atoms with Crippen molar-refractivity contribution in [2.75, 3.05) is 23.8 Å². The fraction of sp³-hybridized carbons (Fsp3) is 0.480. The monoisotopic (exact) mass is 542 g/mol. The number of nitrogens with two attached hydrogens (primary N) is 1. The number of benzene rings is 1. The van der Waals surface area contributed by atoms with E-state index in [9.17, 15) is 10.1 Å². The van der Waals surface area contributed by atoms with Crippen LogP contribution in [0.1, 0.15) is 50.6 Å². The number of aromatic nitrogens is 4. The van der Waals surface area contributed by atoms with Gasteiger partial charge < -0.3 is 21.1 Å². The number of nitrogens with zero attached hydrogens (tertiary/aromatic N) is 5. The maximum absolute atomic E-state index is 11.8. The summed E-state index contributed by atoms with van der Waals surface area (Å²) in [7, 11) is 0. The maximum atomic E-state index is 11.8. The number of halogens is 2. The molecule has 3 aromatic rings. The number of carbonyl (C=O) groups excluding carboxylic acids is 1. The van der Waals surface area contributed by atoms with Gasteiger partial charge in [-0.3, -0.25) is 9.36 Å². The number of rotatable bonds is 6. The molecule has 5 rings (SSSR count). The number of nitriles is 1.